The number of halogens is 2. The van der Waals surface area contributed by atoms with Crippen LogP contribution < -0.4 is 4.90 Å². The Morgan fingerprint density at radius 1 is 1.56 bits per heavy atom. The average molecular weight is 278 g/mol. The first-order valence-corrected chi connectivity index (χ1v) is 7.16. The molecule has 1 unspecified atom stereocenters. The van der Waals surface area contributed by atoms with Crippen molar-refractivity contribution >= 4 is 40.8 Å². The maximum absolute atomic E-state index is 6.01. The quantitative estimate of drug-likeness (QED) is 0.628. The summed E-state index contributed by atoms with van der Waals surface area (Å²) in [5.41, 5.74) is 0.824. The molecule has 0 bridgehead atoms. The number of thioether (sulfide) groups is 1. The molecule has 3 nitrogen and oxygen atoms in total. The summed E-state index contributed by atoms with van der Waals surface area (Å²) >= 11 is 13.9. The minimum atomic E-state index is 0.346. The predicted molar refractivity (Wildman–Crippen MR) is 70.7 cm³/mol. The van der Waals surface area contributed by atoms with Crippen LogP contribution in [0, 0.1) is 0 Å². The second-order valence-electron chi connectivity index (χ2n) is 3.73. The van der Waals surface area contributed by atoms with Crippen LogP contribution in [-0.2, 0) is 5.88 Å². The third-order valence-corrected chi connectivity index (χ3v) is 4.53. The Kier molecular flexibility index (Phi) is 4.16. The zero-order valence-corrected chi connectivity index (χ0v) is 11.3. The maximum atomic E-state index is 6.01. The van der Waals surface area contributed by atoms with Crippen LogP contribution in [-0.4, -0.2) is 34.6 Å². The Hall–Kier alpha value is -0.190. The fourth-order valence-electron chi connectivity index (χ4n) is 1.80. The lowest BCUT2D eigenvalue weighted by Gasteiger charge is -2.26. The van der Waals surface area contributed by atoms with Gasteiger partial charge in [-0.05, 0) is 12.2 Å². The molecule has 2 rings (SSSR count). The van der Waals surface area contributed by atoms with Gasteiger partial charge in [0.25, 0.3) is 0 Å². The SMILES string of the molecule is CN(c1ncnc(Cl)c1CCl)C1CCSC1. The Bertz CT molecular complexity index is 369. The van der Waals surface area contributed by atoms with E-state index in [1.807, 2.05) is 18.8 Å². The van der Waals surface area contributed by atoms with E-state index in [0.29, 0.717) is 17.1 Å². The number of hydrogen-bond donors (Lipinski definition) is 0. The van der Waals surface area contributed by atoms with Gasteiger partial charge in [0.05, 0.1) is 5.88 Å². The van der Waals surface area contributed by atoms with Gasteiger partial charge in [-0.25, -0.2) is 9.97 Å². The second-order valence-corrected chi connectivity index (χ2v) is 5.50. The predicted octanol–water partition coefficient (Wildman–Crippen LogP) is 2.81. The molecule has 1 saturated heterocycles. The molecule has 1 atom stereocenters. The first-order chi connectivity index (χ1) is 7.74. The zero-order chi connectivity index (χ0) is 11.5. The van der Waals surface area contributed by atoms with E-state index in [4.69, 9.17) is 23.2 Å². The van der Waals surface area contributed by atoms with Crippen molar-refractivity contribution in [1.82, 2.24) is 9.97 Å². The highest BCUT2D eigenvalue weighted by atomic mass is 35.5. The summed E-state index contributed by atoms with van der Waals surface area (Å²) in [4.78, 5) is 10.4. The third-order valence-electron chi connectivity index (χ3n) is 2.79. The van der Waals surface area contributed by atoms with Gasteiger partial charge in [0.15, 0.2) is 0 Å². The Morgan fingerprint density at radius 2 is 2.38 bits per heavy atom. The van der Waals surface area contributed by atoms with Crippen molar-refractivity contribution in [3.05, 3.63) is 17.0 Å². The molecule has 0 N–H and O–H groups in total. The van der Waals surface area contributed by atoms with Crippen LogP contribution in [0.5, 0.6) is 0 Å². The molecule has 0 aliphatic carbocycles. The molecule has 0 aromatic carbocycles. The highest BCUT2D eigenvalue weighted by Gasteiger charge is 2.23. The fraction of sp³-hybridized carbons (Fsp3) is 0.600. The monoisotopic (exact) mass is 277 g/mol. The lowest BCUT2D eigenvalue weighted by atomic mass is 10.2. The third kappa shape index (κ3) is 2.39. The van der Waals surface area contributed by atoms with Crippen molar-refractivity contribution in [3.8, 4) is 0 Å². The number of hydrogen-bond acceptors (Lipinski definition) is 4. The van der Waals surface area contributed by atoms with Crippen molar-refractivity contribution in [1.29, 1.82) is 0 Å². The minimum Gasteiger partial charge on any atom is -0.355 e. The molecular weight excluding hydrogens is 265 g/mol. The van der Waals surface area contributed by atoms with Gasteiger partial charge >= 0.3 is 0 Å². The van der Waals surface area contributed by atoms with Crippen LogP contribution in [0.4, 0.5) is 5.82 Å². The van der Waals surface area contributed by atoms with Crippen molar-refractivity contribution in [2.75, 3.05) is 23.5 Å². The van der Waals surface area contributed by atoms with E-state index in [-0.39, 0.29) is 0 Å². The normalized spacial score (nSPS) is 20.1. The van der Waals surface area contributed by atoms with Gasteiger partial charge in [0.2, 0.25) is 0 Å². The van der Waals surface area contributed by atoms with E-state index in [1.54, 1.807) is 0 Å². The van der Waals surface area contributed by atoms with E-state index in [9.17, 15) is 0 Å². The van der Waals surface area contributed by atoms with Crippen LogP contribution in [0.15, 0.2) is 6.33 Å². The highest BCUT2D eigenvalue weighted by molar-refractivity contribution is 7.99. The molecule has 0 radical (unpaired) electrons. The molecular formula is C10H13Cl2N3S. The molecule has 1 aromatic heterocycles. The van der Waals surface area contributed by atoms with Crippen LogP contribution in [0.1, 0.15) is 12.0 Å². The molecule has 0 amide bonds. The van der Waals surface area contributed by atoms with Gasteiger partial charge in [-0.1, -0.05) is 11.6 Å². The summed E-state index contributed by atoms with van der Waals surface area (Å²) in [6, 6.07) is 0.526. The lowest BCUT2D eigenvalue weighted by Crippen LogP contribution is -2.32. The summed E-state index contributed by atoms with van der Waals surface area (Å²) < 4.78 is 0. The van der Waals surface area contributed by atoms with Gasteiger partial charge in [-0.2, -0.15) is 11.8 Å². The van der Waals surface area contributed by atoms with Gasteiger partial charge < -0.3 is 4.90 Å². The van der Waals surface area contributed by atoms with Crippen molar-refractivity contribution in [2.24, 2.45) is 0 Å². The van der Waals surface area contributed by atoms with E-state index < -0.39 is 0 Å². The molecule has 1 aromatic rings. The van der Waals surface area contributed by atoms with Crippen molar-refractivity contribution in [2.45, 2.75) is 18.3 Å². The second kappa shape index (κ2) is 5.43. The first-order valence-electron chi connectivity index (χ1n) is 5.10. The van der Waals surface area contributed by atoms with Gasteiger partial charge in [0.1, 0.15) is 17.3 Å². The molecule has 88 valence electrons. The highest BCUT2D eigenvalue weighted by Crippen LogP contribution is 2.29. The minimum absolute atomic E-state index is 0.346. The summed E-state index contributed by atoms with van der Waals surface area (Å²) in [6.07, 6.45) is 2.68. The number of alkyl halides is 1. The Balaban J connectivity index is 2.27. The lowest BCUT2D eigenvalue weighted by molar-refractivity contribution is 0.688. The van der Waals surface area contributed by atoms with Crippen LogP contribution in [0.25, 0.3) is 0 Å². The smallest absolute Gasteiger partial charge is 0.138 e. The molecule has 16 heavy (non-hydrogen) atoms. The number of nitrogens with zero attached hydrogens (tertiary/aromatic N) is 3. The molecule has 1 aliphatic heterocycles. The van der Waals surface area contributed by atoms with Gasteiger partial charge in [-0.15, -0.1) is 11.6 Å². The summed E-state index contributed by atoms with van der Waals surface area (Å²) in [5, 5.41) is 0.456. The topological polar surface area (TPSA) is 29.0 Å². The molecule has 6 heteroatoms. The Labute approximate surface area is 110 Å². The molecule has 0 spiro atoms. The molecule has 2 heterocycles. The summed E-state index contributed by atoms with van der Waals surface area (Å²) in [7, 11) is 2.05. The summed E-state index contributed by atoms with van der Waals surface area (Å²) in [5.74, 6) is 3.56. The Morgan fingerprint density at radius 3 is 3.00 bits per heavy atom. The van der Waals surface area contributed by atoms with Crippen molar-refractivity contribution in [3.63, 3.8) is 0 Å². The maximum Gasteiger partial charge on any atom is 0.138 e. The van der Waals surface area contributed by atoms with Gasteiger partial charge in [-0.3, -0.25) is 0 Å². The number of anilines is 1. The van der Waals surface area contributed by atoms with Crippen molar-refractivity contribution < 1.29 is 0 Å². The molecule has 0 saturated carbocycles. The van der Waals surface area contributed by atoms with E-state index >= 15 is 0 Å². The number of aromatic nitrogens is 2. The number of rotatable bonds is 3. The van der Waals surface area contributed by atoms with Crippen LogP contribution in [0.3, 0.4) is 0 Å². The molecule has 1 fully saturated rings. The van der Waals surface area contributed by atoms with E-state index in [1.165, 1.54) is 18.5 Å². The zero-order valence-electron chi connectivity index (χ0n) is 8.99. The van der Waals surface area contributed by atoms with Gasteiger partial charge in [0, 0.05) is 24.4 Å². The first kappa shape index (κ1) is 12.3. The fourth-order valence-corrected chi connectivity index (χ4v) is 3.58. The van der Waals surface area contributed by atoms with E-state index in [0.717, 1.165) is 17.1 Å². The van der Waals surface area contributed by atoms with Crippen LogP contribution in [0.2, 0.25) is 5.15 Å². The summed E-state index contributed by atoms with van der Waals surface area (Å²) in [6.45, 7) is 0. The van der Waals surface area contributed by atoms with E-state index in [2.05, 4.69) is 14.9 Å². The average Bonchev–Trinajstić information content (AvgIpc) is 2.81. The standard InChI is InChI=1S/C10H13Cl2N3S/c1-15(7-2-3-16-5-7)10-8(4-11)9(12)13-6-14-10/h6-7H,2-5H2,1H3. The molecule has 1 aliphatic rings. The van der Waals surface area contributed by atoms with Crippen LogP contribution >= 0.6 is 35.0 Å². The largest absolute Gasteiger partial charge is 0.355 e.